The summed E-state index contributed by atoms with van der Waals surface area (Å²) >= 11 is 0. The van der Waals surface area contributed by atoms with Crippen LogP contribution in [-0.2, 0) is 12.8 Å². The van der Waals surface area contributed by atoms with Crippen molar-refractivity contribution >= 4 is 11.4 Å². The summed E-state index contributed by atoms with van der Waals surface area (Å²) in [6.45, 7) is 3.08. The van der Waals surface area contributed by atoms with Gasteiger partial charge < -0.3 is 15.2 Å². The fourth-order valence-electron chi connectivity index (χ4n) is 3.50. The van der Waals surface area contributed by atoms with Crippen LogP contribution in [0.2, 0.25) is 0 Å². The van der Waals surface area contributed by atoms with Crippen molar-refractivity contribution in [2.75, 3.05) is 17.2 Å². The maximum Gasteiger partial charge on any atom is 0.249 e. The molecule has 1 atom stereocenters. The highest BCUT2D eigenvalue weighted by Gasteiger charge is 2.27. The number of aromatic nitrogens is 2. The van der Waals surface area contributed by atoms with Crippen LogP contribution in [0.5, 0.6) is 0 Å². The zero-order valence-electron chi connectivity index (χ0n) is 14.4. The summed E-state index contributed by atoms with van der Waals surface area (Å²) in [7, 11) is 0. The maximum absolute atomic E-state index is 6.15. The quantitative estimate of drug-likeness (QED) is 0.736. The lowest BCUT2D eigenvalue weighted by Gasteiger charge is -2.35. The van der Waals surface area contributed by atoms with E-state index in [4.69, 9.17) is 10.3 Å². The molecule has 0 fully saturated rings. The van der Waals surface area contributed by atoms with E-state index >= 15 is 0 Å². The Bertz CT molecular complexity index is 859. The number of rotatable bonds is 4. The first kappa shape index (κ1) is 15.7. The Hall–Kier alpha value is -2.82. The molecule has 4 rings (SSSR count). The molecule has 0 saturated carbocycles. The molecular formula is C20H22N4O. The third-order valence-electron chi connectivity index (χ3n) is 4.84. The molecule has 0 spiro atoms. The van der Waals surface area contributed by atoms with Crippen LogP contribution in [0, 0.1) is 0 Å². The molecule has 5 nitrogen and oxygen atoms in total. The molecule has 1 aliphatic rings. The van der Waals surface area contributed by atoms with E-state index in [1.54, 1.807) is 0 Å². The second-order valence-electron chi connectivity index (χ2n) is 6.53. The Balaban J connectivity index is 1.56. The molecule has 128 valence electrons. The number of anilines is 2. The Morgan fingerprint density at radius 3 is 2.84 bits per heavy atom. The maximum atomic E-state index is 6.15. The van der Waals surface area contributed by atoms with E-state index in [1.165, 1.54) is 16.8 Å². The summed E-state index contributed by atoms with van der Waals surface area (Å²) < 4.78 is 5.56. The summed E-state index contributed by atoms with van der Waals surface area (Å²) in [5.41, 5.74) is 10.6. The lowest BCUT2D eigenvalue weighted by atomic mass is 9.98. The van der Waals surface area contributed by atoms with Crippen LogP contribution >= 0.6 is 0 Å². The predicted molar refractivity (Wildman–Crippen MR) is 98.5 cm³/mol. The zero-order valence-corrected chi connectivity index (χ0v) is 14.4. The van der Waals surface area contributed by atoms with Crippen molar-refractivity contribution in [2.24, 2.45) is 0 Å². The molecule has 2 aromatic carbocycles. The lowest BCUT2D eigenvalue weighted by Crippen LogP contribution is -2.32. The van der Waals surface area contributed by atoms with Gasteiger partial charge in [0.15, 0.2) is 5.82 Å². The van der Waals surface area contributed by atoms with E-state index in [2.05, 4.69) is 40.2 Å². The summed E-state index contributed by atoms with van der Waals surface area (Å²) in [5, 5.41) is 4.16. The Morgan fingerprint density at radius 1 is 1.16 bits per heavy atom. The number of nitrogens with zero attached hydrogens (tertiary/aromatic N) is 3. The van der Waals surface area contributed by atoms with Crippen molar-refractivity contribution in [3.8, 4) is 0 Å². The van der Waals surface area contributed by atoms with Crippen LogP contribution in [-0.4, -0.2) is 16.7 Å². The minimum Gasteiger partial charge on any atom is -0.398 e. The van der Waals surface area contributed by atoms with E-state index in [1.807, 2.05) is 30.3 Å². The van der Waals surface area contributed by atoms with Gasteiger partial charge >= 0.3 is 0 Å². The molecule has 1 aromatic heterocycles. The number of fused-ring (bicyclic) bond motifs is 1. The van der Waals surface area contributed by atoms with Gasteiger partial charge in [0.2, 0.25) is 5.89 Å². The molecule has 25 heavy (non-hydrogen) atoms. The SMILES string of the molecule is CC(c1nc(Cc2ccccc2)no1)N1CCCc2c(N)cccc21. The zero-order chi connectivity index (χ0) is 17.2. The highest BCUT2D eigenvalue weighted by Crippen LogP contribution is 2.36. The first-order chi connectivity index (χ1) is 12.2. The Morgan fingerprint density at radius 2 is 2.00 bits per heavy atom. The van der Waals surface area contributed by atoms with E-state index in [0.717, 1.165) is 30.9 Å². The van der Waals surface area contributed by atoms with Gasteiger partial charge in [-0.2, -0.15) is 4.98 Å². The van der Waals surface area contributed by atoms with Crippen molar-refractivity contribution in [1.82, 2.24) is 10.1 Å². The molecule has 0 amide bonds. The molecule has 2 N–H and O–H groups in total. The van der Waals surface area contributed by atoms with Gasteiger partial charge in [-0.05, 0) is 43.0 Å². The second kappa shape index (κ2) is 6.59. The Kier molecular flexibility index (Phi) is 4.14. The third kappa shape index (κ3) is 3.09. The van der Waals surface area contributed by atoms with E-state index in [9.17, 15) is 0 Å². The topological polar surface area (TPSA) is 68.2 Å². The fraction of sp³-hybridized carbons (Fsp3) is 0.300. The van der Waals surface area contributed by atoms with Crippen molar-refractivity contribution in [3.63, 3.8) is 0 Å². The van der Waals surface area contributed by atoms with Gasteiger partial charge in [-0.25, -0.2) is 0 Å². The lowest BCUT2D eigenvalue weighted by molar-refractivity contribution is 0.349. The molecule has 2 heterocycles. The van der Waals surface area contributed by atoms with Crippen molar-refractivity contribution in [3.05, 3.63) is 71.4 Å². The molecule has 1 aliphatic heterocycles. The van der Waals surface area contributed by atoms with Gasteiger partial charge in [-0.15, -0.1) is 0 Å². The summed E-state index contributed by atoms with van der Waals surface area (Å²) in [6, 6.07) is 16.3. The fourth-order valence-corrected chi connectivity index (χ4v) is 3.50. The van der Waals surface area contributed by atoms with Gasteiger partial charge in [-0.1, -0.05) is 41.6 Å². The average Bonchev–Trinajstić information content (AvgIpc) is 3.10. The summed E-state index contributed by atoms with van der Waals surface area (Å²) in [4.78, 5) is 6.94. The third-order valence-corrected chi connectivity index (χ3v) is 4.84. The normalized spacial score (nSPS) is 15.0. The van der Waals surface area contributed by atoms with Crippen LogP contribution in [0.15, 0.2) is 53.1 Å². The molecule has 1 unspecified atom stereocenters. The second-order valence-corrected chi connectivity index (χ2v) is 6.53. The molecule has 0 bridgehead atoms. The van der Waals surface area contributed by atoms with Crippen LogP contribution in [0.4, 0.5) is 11.4 Å². The molecule has 5 heteroatoms. The smallest absolute Gasteiger partial charge is 0.249 e. The number of nitrogens with two attached hydrogens (primary N) is 1. The van der Waals surface area contributed by atoms with E-state index in [-0.39, 0.29) is 6.04 Å². The monoisotopic (exact) mass is 334 g/mol. The van der Waals surface area contributed by atoms with Crippen molar-refractivity contribution in [1.29, 1.82) is 0 Å². The summed E-state index contributed by atoms with van der Waals surface area (Å²) in [5.74, 6) is 1.37. The van der Waals surface area contributed by atoms with Crippen molar-refractivity contribution in [2.45, 2.75) is 32.2 Å². The van der Waals surface area contributed by atoms with Crippen LogP contribution in [0.3, 0.4) is 0 Å². The van der Waals surface area contributed by atoms with Gasteiger partial charge in [0, 0.05) is 24.3 Å². The van der Waals surface area contributed by atoms with E-state index in [0.29, 0.717) is 12.3 Å². The van der Waals surface area contributed by atoms with Crippen molar-refractivity contribution < 1.29 is 4.52 Å². The first-order valence-electron chi connectivity index (χ1n) is 8.73. The van der Waals surface area contributed by atoms with Gasteiger partial charge in [-0.3, -0.25) is 0 Å². The number of nitrogen functional groups attached to an aromatic ring is 1. The minimum absolute atomic E-state index is 0.0258. The minimum atomic E-state index is 0.0258. The number of hydrogen-bond acceptors (Lipinski definition) is 5. The highest BCUT2D eigenvalue weighted by atomic mass is 16.5. The summed E-state index contributed by atoms with van der Waals surface area (Å²) in [6.07, 6.45) is 2.78. The van der Waals surface area contributed by atoms with E-state index < -0.39 is 0 Å². The molecule has 0 saturated heterocycles. The Labute approximate surface area is 147 Å². The van der Waals surface area contributed by atoms with Gasteiger partial charge in [0.05, 0.1) is 0 Å². The standard InChI is InChI=1S/C20H22N4O/c1-14(24-12-6-9-16-17(21)10-5-11-18(16)24)20-22-19(23-25-20)13-15-7-3-2-4-8-15/h2-5,7-8,10-11,14H,6,9,12-13,21H2,1H3. The van der Waals surface area contributed by atoms with Crippen LogP contribution < -0.4 is 10.6 Å². The molecular weight excluding hydrogens is 312 g/mol. The molecule has 3 aromatic rings. The largest absolute Gasteiger partial charge is 0.398 e. The predicted octanol–water partition coefficient (Wildman–Crippen LogP) is 3.76. The van der Waals surface area contributed by atoms with Gasteiger partial charge in [0.1, 0.15) is 6.04 Å². The van der Waals surface area contributed by atoms with Crippen LogP contribution in [0.25, 0.3) is 0 Å². The molecule has 0 radical (unpaired) electrons. The average molecular weight is 334 g/mol. The van der Waals surface area contributed by atoms with Gasteiger partial charge in [0.25, 0.3) is 0 Å². The van der Waals surface area contributed by atoms with Crippen LogP contribution in [0.1, 0.15) is 42.2 Å². The highest BCUT2D eigenvalue weighted by molar-refractivity contribution is 5.66. The number of benzene rings is 2. The molecule has 0 aliphatic carbocycles. The number of hydrogen-bond donors (Lipinski definition) is 1. The first-order valence-corrected chi connectivity index (χ1v) is 8.73.